The quantitative estimate of drug-likeness (QED) is 0.617. The molecule has 3 aromatic carbocycles. The van der Waals surface area contributed by atoms with Crippen LogP contribution in [0.3, 0.4) is 0 Å². The zero-order valence-corrected chi connectivity index (χ0v) is 16.9. The molecule has 4 nitrogen and oxygen atoms in total. The van der Waals surface area contributed by atoms with Gasteiger partial charge in [0.15, 0.2) is 6.23 Å². The maximum Gasteiger partial charge on any atom is 0.242 e. The molecule has 4 heteroatoms. The van der Waals surface area contributed by atoms with Gasteiger partial charge in [-0.15, -0.1) is 0 Å². The fraction of sp³-hybridized carbons (Fsp3) is 0.269. The van der Waals surface area contributed by atoms with E-state index >= 15 is 0 Å². The molecule has 0 unspecified atom stereocenters. The van der Waals surface area contributed by atoms with Gasteiger partial charge in [-0.3, -0.25) is 9.69 Å². The average Bonchev–Trinajstić information content (AvgIpc) is 3.36. The number of hydrogen-bond acceptors (Lipinski definition) is 3. The second-order valence-corrected chi connectivity index (χ2v) is 8.12. The van der Waals surface area contributed by atoms with E-state index in [4.69, 9.17) is 4.74 Å². The van der Waals surface area contributed by atoms with Crippen LogP contribution >= 0.6 is 0 Å². The molecular formula is C26H26N2O2. The van der Waals surface area contributed by atoms with Gasteiger partial charge in [-0.05, 0) is 17.5 Å². The summed E-state index contributed by atoms with van der Waals surface area (Å²) in [7, 11) is 0. The summed E-state index contributed by atoms with van der Waals surface area (Å²) in [5, 5.41) is 0. The van der Waals surface area contributed by atoms with Crippen LogP contribution in [0.2, 0.25) is 0 Å². The van der Waals surface area contributed by atoms with E-state index in [0.717, 1.165) is 25.1 Å². The lowest BCUT2D eigenvalue weighted by Crippen LogP contribution is -2.42. The second-order valence-electron chi connectivity index (χ2n) is 8.12. The number of benzene rings is 3. The van der Waals surface area contributed by atoms with Gasteiger partial charge in [-0.25, -0.2) is 0 Å². The molecule has 5 rings (SSSR count). The molecule has 3 aromatic rings. The minimum atomic E-state index is -0.274. The Hall–Kier alpha value is -2.95. The monoisotopic (exact) mass is 398 g/mol. The van der Waals surface area contributed by atoms with Crippen molar-refractivity contribution in [2.45, 2.75) is 37.8 Å². The minimum absolute atomic E-state index is 0.134. The van der Waals surface area contributed by atoms with E-state index in [1.807, 2.05) is 47.4 Å². The summed E-state index contributed by atoms with van der Waals surface area (Å²) in [6, 6.07) is 30.9. The van der Waals surface area contributed by atoms with Crippen LogP contribution in [0, 0.1) is 0 Å². The molecule has 0 radical (unpaired) electrons. The number of fused-ring (bicyclic) bond motifs is 1. The van der Waals surface area contributed by atoms with Crippen molar-refractivity contribution in [1.82, 2.24) is 9.80 Å². The molecule has 152 valence electrons. The molecule has 3 atom stereocenters. The van der Waals surface area contributed by atoms with Crippen LogP contribution in [-0.4, -0.2) is 34.4 Å². The fourth-order valence-electron chi connectivity index (χ4n) is 4.65. The summed E-state index contributed by atoms with van der Waals surface area (Å²) < 4.78 is 6.03. The first-order valence-electron chi connectivity index (χ1n) is 10.6. The zero-order valence-electron chi connectivity index (χ0n) is 16.9. The van der Waals surface area contributed by atoms with E-state index in [9.17, 15) is 4.79 Å². The van der Waals surface area contributed by atoms with Crippen LogP contribution in [0.5, 0.6) is 0 Å². The van der Waals surface area contributed by atoms with Crippen LogP contribution in [0.1, 0.15) is 29.3 Å². The van der Waals surface area contributed by atoms with Crippen molar-refractivity contribution in [3.63, 3.8) is 0 Å². The first-order chi connectivity index (χ1) is 14.8. The number of rotatable bonds is 6. The molecule has 2 aliphatic heterocycles. The third kappa shape index (κ3) is 3.76. The Labute approximate surface area is 177 Å². The van der Waals surface area contributed by atoms with E-state index in [2.05, 4.69) is 53.4 Å². The van der Waals surface area contributed by atoms with Gasteiger partial charge in [0.2, 0.25) is 5.91 Å². The number of amides is 1. The molecule has 0 bridgehead atoms. The van der Waals surface area contributed by atoms with Gasteiger partial charge >= 0.3 is 0 Å². The standard InChI is InChI=1S/C26H26N2O2/c29-25-24(16-23-19-30-26(28(23)25)22-14-8-3-9-15-22)27(17-20-10-4-1-5-11-20)18-21-12-6-2-7-13-21/h1-15,23-24,26H,16-19H2/t23-,24+,26-/m0/s1. The maximum absolute atomic E-state index is 13.6. The Morgan fingerprint density at radius 3 is 1.90 bits per heavy atom. The number of hydrogen-bond donors (Lipinski definition) is 0. The molecule has 0 aromatic heterocycles. The van der Waals surface area contributed by atoms with Crippen LogP contribution in [0.4, 0.5) is 0 Å². The summed E-state index contributed by atoms with van der Waals surface area (Å²) in [4.78, 5) is 17.9. The van der Waals surface area contributed by atoms with Crippen LogP contribution in [0.25, 0.3) is 0 Å². The third-order valence-corrected chi connectivity index (χ3v) is 6.11. The lowest BCUT2D eigenvalue weighted by molar-refractivity contribution is -0.139. The summed E-state index contributed by atoms with van der Waals surface area (Å²) in [5.74, 6) is 0.179. The molecule has 0 saturated carbocycles. The third-order valence-electron chi connectivity index (χ3n) is 6.11. The van der Waals surface area contributed by atoms with Crippen molar-refractivity contribution in [3.8, 4) is 0 Å². The largest absolute Gasteiger partial charge is 0.352 e. The van der Waals surface area contributed by atoms with E-state index < -0.39 is 0 Å². The highest BCUT2D eigenvalue weighted by atomic mass is 16.5. The van der Waals surface area contributed by atoms with E-state index in [1.165, 1.54) is 11.1 Å². The van der Waals surface area contributed by atoms with E-state index in [-0.39, 0.29) is 24.2 Å². The van der Waals surface area contributed by atoms with Gasteiger partial charge in [0.05, 0.1) is 18.7 Å². The first kappa shape index (κ1) is 19.0. The van der Waals surface area contributed by atoms with E-state index in [1.54, 1.807) is 0 Å². The molecule has 2 fully saturated rings. The van der Waals surface area contributed by atoms with Crippen molar-refractivity contribution in [2.24, 2.45) is 0 Å². The van der Waals surface area contributed by atoms with Crippen molar-refractivity contribution < 1.29 is 9.53 Å². The Bertz CT molecular complexity index is 936. The average molecular weight is 399 g/mol. The van der Waals surface area contributed by atoms with Crippen LogP contribution in [0.15, 0.2) is 91.0 Å². The molecule has 0 spiro atoms. The lowest BCUT2D eigenvalue weighted by atomic mass is 10.1. The molecule has 0 aliphatic carbocycles. The highest BCUT2D eigenvalue weighted by Gasteiger charge is 2.49. The van der Waals surface area contributed by atoms with Crippen molar-refractivity contribution in [2.75, 3.05) is 6.61 Å². The van der Waals surface area contributed by atoms with Crippen LogP contribution < -0.4 is 0 Å². The highest BCUT2D eigenvalue weighted by Crippen LogP contribution is 2.39. The molecule has 0 N–H and O–H groups in total. The normalized spacial score (nSPS) is 23.2. The number of nitrogens with zero attached hydrogens (tertiary/aromatic N) is 2. The number of ether oxygens (including phenoxy) is 1. The predicted molar refractivity (Wildman–Crippen MR) is 116 cm³/mol. The van der Waals surface area contributed by atoms with Gasteiger partial charge in [0.25, 0.3) is 0 Å². The van der Waals surface area contributed by atoms with Crippen LogP contribution in [-0.2, 0) is 22.6 Å². The van der Waals surface area contributed by atoms with Crippen molar-refractivity contribution in [3.05, 3.63) is 108 Å². The molecule has 2 aliphatic rings. The SMILES string of the molecule is O=C1[C@H](N(Cc2ccccc2)Cc2ccccc2)C[C@H]2CO[C@@H](c3ccccc3)N12. The zero-order chi connectivity index (χ0) is 20.3. The Morgan fingerprint density at radius 2 is 1.33 bits per heavy atom. The van der Waals surface area contributed by atoms with Crippen molar-refractivity contribution in [1.29, 1.82) is 0 Å². The van der Waals surface area contributed by atoms with Gasteiger partial charge in [0.1, 0.15) is 0 Å². The van der Waals surface area contributed by atoms with Crippen molar-refractivity contribution >= 4 is 5.91 Å². The first-order valence-corrected chi connectivity index (χ1v) is 10.6. The smallest absolute Gasteiger partial charge is 0.242 e. The summed E-state index contributed by atoms with van der Waals surface area (Å²) >= 11 is 0. The fourth-order valence-corrected chi connectivity index (χ4v) is 4.65. The highest BCUT2D eigenvalue weighted by molar-refractivity contribution is 5.85. The molecule has 2 saturated heterocycles. The molecular weight excluding hydrogens is 372 g/mol. The Kier molecular flexibility index (Phi) is 5.35. The summed E-state index contributed by atoms with van der Waals surface area (Å²) in [6.45, 7) is 2.11. The Morgan fingerprint density at radius 1 is 0.800 bits per heavy atom. The predicted octanol–water partition coefficient (Wildman–Crippen LogP) is 4.39. The summed E-state index contributed by atoms with van der Waals surface area (Å²) in [6.07, 6.45) is 0.533. The second kappa shape index (κ2) is 8.42. The summed E-state index contributed by atoms with van der Waals surface area (Å²) in [5.41, 5.74) is 3.50. The molecule has 1 amide bonds. The number of carbonyl (C=O) groups is 1. The van der Waals surface area contributed by atoms with Gasteiger partial charge < -0.3 is 9.64 Å². The topological polar surface area (TPSA) is 32.8 Å². The number of carbonyl (C=O) groups excluding carboxylic acids is 1. The van der Waals surface area contributed by atoms with Gasteiger partial charge in [-0.1, -0.05) is 91.0 Å². The van der Waals surface area contributed by atoms with E-state index in [0.29, 0.717) is 6.61 Å². The van der Waals surface area contributed by atoms with Gasteiger partial charge in [0, 0.05) is 18.7 Å². The molecule has 30 heavy (non-hydrogen) atoms. The minimum Gasteiger partial charge on any atom is -0.352 e. The molecule has 2 heterocycles. The Balaban J connectivity index is 1.41. The lowest BCUT2D eigenvalue weighted by Gasteiger charge is -2.29. The maximum atomic E-state index is 13.6. The van der Waals surface area contributed by atoms with Gasteiger partial charge in [-0.2, -0.15) is 0 Å².